The van der Waals surface area contributed by atoms with Crippen molar-refractivity contribution in [1.29, 1.82) is 0 Å². The monoisotopic (exact) mass is 406 g/mol. The molecule has 0 radical (unpaired) electrons. The second-order valence-corrected chi connectivity index (χ2v) is 7.65. The molecule has 1 aliphatic heterocycles. The molecule has 154 valence electrons. The SMILES string of the molecule is COc1cc(F)ccc1N1CCN(Cc2cc3[nH]c(=O)c4ccccc4n3c2)CC1. The second-order valence-electron chi connectivity index (χ2n) is 7.65. The van der Waals surface area contributed by atoms with Crippen LogP contribution in [-0.2, 0) is 6.54 Å². The summed E-state index contributed by atoms with van der Waals surface area (Å²) in [6.45, 7) is 4.28. The summed E-state index contributed by atoms with van der Waals surface area (Å²) in [5, 5.41) is 0.689. The summed E-state index contributed by atoms with van der Waals surface area (Å²) in [4.78, 5) is 19.9. The maximum atomic E-state index is 13.5. The Bertz CT molecular complexity index is 1270. The van der Waals surface area contributed by atoms with Crippen LogP contribution in [0.1, 0.15) is 5.56 Å². The summed E-state index contributed by atoms with van der Waals surface area (Å²) < 4.78 is 20.9. The predicted molar refractivity (Wildman–Crippen MR) is 116 cm³/mol. The Hall–Kier alpha value is -3.32. The first-order chi connectivity index (χ1) is 14.6. The highest BCUT2D eigenvalue weighted by Gasteiger charge is 2.20. The molecule has 1 fully saturated rings. The fourth-order valence-electron chi connectivity index (χ4n) is 4.28. The van der Waals surface area contributed by atoms with E-state index in [0.717, 1.165) is 55.1 Å². The molecule has 0 aliphatic carbocycles. The summed E-state index contributed by atoms with van der Waals surface area (Å²) in [5.74, 6) is 0.276. The number of aromatic nitrogens is 2. The Morgan fingerprint density at radius 2 is 1.87 bits per heavy atom. The lowest BCUT2D eigenvalue weighted by Crippen LogP contribution is -2.46. The highest BCUT2D eigenvalue weighted by atomic mass is 19.1. The third-order valence-corrected chi connectivity index (χ3v) is 5.79. The van der Waals surface area contributed by atoms with E-state index in [4.69, 9.17) is 4.74 Å². The number of ether oxygens (including phenoxy) is 1. The standard InChI is InChI=1S/C23H23FN4O2/c1-30-21-13-17(24)6-7-20(21)27-10-8-26(9-11-27)14-16-12-22-25-23(29)18-4-2-3-5-19(18)28(22)15-16/h2-7,12-13,15H,8-11,14H2,1H3,(H,25,29). The van der Waals surface area contributed by atoms with Gasteiger partial charge in [0.25, 0.3) is 5.56 Å². The van der Waals surface area contributed by atoms with Crippen molar-refractivity contribution in [1.82, 2.24) is 14.3 Å². The molecule has 6 nitrogen and oxygen atoms in total. The number of para-hydroxylation sites is 1. The summed E-state index contributed by atoms with van der Waals surface area (Å²) >= 11 is 0. The topological polar surface area (TPSA) is 53.0 Å². The van der Waals surface area contributed by atoms with Crippen LogP contribution in [0.5, 0.6) is 5.75 Å². The van der Waals surface area contributed by atoms with Gasteiger partial charge in [-0.1, -0.05) is 12.1 Å². The molecule has 1 saturated heterocycles. The van der Waals surface area contributed by atoms with E-state index in [2.05, 4.69) is 21.0 Å². The number of aromatic amines is 1. The van der Waals surface area contributed by atoms with Crippen LogP contribution in [0.4, 0.5) is 10.1 Å². The molecule has 5 rings (SSSR count). The summed E-state index contributed by atoms with van der Waals surface area (Å²) in [6.07, 6.45) is 2.10. The highest BCUT2D eigenvalue weighted by Crippen LogP contribution is 2.30. The average Bonchev–Trinajstić information content (AvgIpc) is 3.17. The molecule has 4 aromatic rings. The molecule has 0 amide bonds. The van der Waals surface area contributed by atoms with Gasteiger partial charge in [0.15, 0.2) is 0 Å². The maximum absolute atomic E-state index is 13.5. The summed E-state index contributed by atoms with van der Waals surface area (Å²) in [5.41, 5.74) is 3.75. The maximum Gasteiger partial charge on any atom is 0.258 e. The molecular weight excluding hydrogens is 383 g/mol. The van der Waals surface area contributed by atoms with Gasteiger partial charge in [0.2, 0.25) is 0 Å². The Kier molecular flexibility index (Phi) is 4.67. The van der Waals surface area contributed by atoms with E-state index < -0.39 is 0 Å². The molecule has 0 spiro atoms. The van der Waals surface area contributed by atoms with Crippen LogP contribution < -0.4 is 15.2 Å². The summed E-state index contributed by atoms with van der Waals surface area (Å²) in [7, 11) is 1.57. The number of methoxy groups -OCH3 is 1. The number of halogens is 1. The van der Waals surface area contributed by atoms with Gasteiger partial charge in [-0.2, -0.15) is 0 Å². The molecule has 30 heavy (non-hydrogen) atoms. The minimum absolute atomic E-state index is 0.0652. The van der Waals surface area contributed by atoms with Gasteiger partial charge < -0.3 is 19.0 Å². The number of piperazine rings is 1. The van der Waals surface area contributed by atoms with Crippen molar-refractivity contribution in [3.8, 4) is 5.75 Å². The third-order valence-electron chi connectivity index (χ3n) is 5.79. The largest absolute Gasteiger partial charge is 0.494 e. The van der Waals surface area contributed by atoms with E-state index >= 15 is 0 Å². The molecule has 0 bridgehead atoms. The van der Waals surface area contributed by atoms with E-state index in [1.54, 1.807) is 13.2 Å². The zero-order valence-electron chi connectivity index (χ0n) is 16.8. The zero-order valence-corrected chi connectivity index (χ0v) is 16.8. The minimum atomic E-state index is -0.291. The summed E-state index contributed by atoms with van der Waals surface area (Å²) in [6, 6.07) is 14.4. The first-order valence-electron chi connectivity index (χ1n) is 10.1. The molecule has 2 aromatic heterocycles. The third kappa shape index (κ3) is 3.31. The number of H-pyrrole nitrogens is 1. The number of nitrogens with zero attached hydrogens (tertiary/aromatic N) is 3. The van der Waals surface area contributed by atoms with Gasteiger partial charge in [-0.25, -0.2) is 4.39 Å². The van der Waals surface area contributed by atoms with Crippen LogP contribution in [0, 0.1) is 5.82 Å². The van der Waals surface area contributed by atoms with Crippen molar-refractivity contribution >= 4 is 22.2 Å². The molecule has 0 saturated carbocycles. The van der Waals surface area contributed by atoms with Crippen molar-refractivity contribution < 1.29 is 9.13 Å². The van der Waals surface area contributed by atoms with Crippen molar-refractivity contribution in [2.75, 3.05) is 38.2 Å². The minimum Gasteiger partial charge on any atom is -0.494 e. The smallest absolute Gasteiger partial charge is 0.258 e. The number of anilines is 1. The first-order valence-corrected chi connectivity index (χ1v) is 10.1. The highest BCUT2D eigenvalue weighted by molar-refractivity contribution is 5.80. The molecule has 0 atom stereocenters. The van der Waals surface area contributed by atoms with Crippen LogP contribution >= 0.6 is 0 Å². The lowest BCUT2D eigenvalue weighted by molar-refractivity contribution is 0.249. The Labute approximate surface area is 173 Å². The van der Waals surface area contributed by atoms with Crippen molar-refractivity contribution in [2.45, 2.75) is 6.54 Å². The average molecular weight is 406 g/mol. The molecule has 7 heteroatoms. The molecule has 1 N–H and O–H groups in total. The zero-order chi connectivity index (χ0) is 20.7. The number of hydrogen-bond donors (Lipinski definition) is 1. The van der Waals surface area contributed by atoms with Gasteiger partial charge in [-0.15, -0.1) is 0 Å². The number of hydrogen-bond acceptors (Lipinski definition) is 4. The normalized spacial score (nSPS) is 15.2. The lowest BCUT2D eigenvalue weighted by Gasteiger charge is -2.36. The van der Waals surface area contributed by atoms with Crippen LogP contribution in [0.3, 0.4) is 0 Å². The molecule has 2 aromatic carbocycles. The Morgan fingerprint density at radius 1 is 1.07 bits per heavy atom. The predicted octanol–water partition coefficient (Wildman–Crippen LogP) is 3.25. The number of nitrogens with one attached hydrogen (secondary N) is 1. The van der Waals surface area contributed by atoms with Crippen LogP contribution in [0.2, 0.25) is 0 Å². The van der Waals surface area contributed by atoms with Crippen molar-refractivity contribution in [3.05, 3.63) is 76.5 Å². The van der Waals surface area contributed by atoms with Gasteiger partial charge in [0.1, 0.15) is 17.2 Å². The number of benzene rings is 2. The molecule has 1 aliphatic rings. The van der Waals surface area contributed by atoms with E-state index in [1.807, 2.05) is 34.7 Å². The van der Waals surface area contributed by atoms with E-state index in [-0.39, 0.29) is 11.4 Å². The quantitative estimate of drug-likeness (QED) is 0.565. The molecule has 0 unspecified atom stereocenters. The van der Waals surface area contributed by atoms with Gasteiger partial charge in [0, 0.05) is 45.0 Å². The van der Waals surface area contributed by atoms with Gasteiger partial charge in [-0.3, -0.25) is 9.69 Å². The van der Waals surface area contributed by atoms with Gasteiger partial charge >= 0.3 is 0 Å². The Morgan fingerprint density at radius 3 is 2.67 bits per heavy atom. The van der Waals surface area contributed by atoms with Crippen LogP contribution in [-0.4, -0.2) is 47.6 Å². The number of rotatable bonds is 4. The van der Waals surface area contributed by atoms with Gasteiger partial charge in [0.05, 0.1) is 23.7 Å². The van der Waals surface area contributed by atoms with E-state index in [1.165, 1.54) is 12.1 Å². The van der Waals surface area contributed by atoms with Crippen molar-refractivity contribution in [2.24, 2.45) is 0 Å². The van der Waals surface area contributed by atoms with Gasteiger partial charge in [-0.05, 0) is 35.9 Å². The fourth-order valence-corrected chi connectivity index (χ4v) is 4.28. The van der Waals surface area contributed by atoms with Crippen LogP contribution in [0.15, 0.2) is 59.5 Å². The molecule has 3 heterocycles. The second kappa shape index (κ2) is 7.50. The lowest BCUT2D eigenvalue weighted by atomic mass is 10.2. The van der Waals surface area contributed by atoms with Crippen LogP contribution in [0.25, 0.3) is 16.6 Å². The van der Waals surface area contributed by atoms with E-state index in [0.29, 0.717) is 11.1 Å². The fraction of sp³-hybridized carbons (Fsp3) is 0.261. The van der Waals surface area contributed by atoms with E-state index in [9.17, 15) is 9.18 Å². The first kappa shape index (κ1) is 18.7. The van der Waals surface area contributed by atoms with Crippen molar-refractivity contribution in [3.63, 3.8) is 0 Å². The number of fused-ring (bicyclic) bond motifs is 3. The molecular formula is C23H23FN4O2. The Balaban J connectivity index is 1.33.